The van der Waals surface area contributed by atoms with E-state index in [1.807, 2.05) is 6.92 Å². The average molecular weight is 322 g/mol. The van der Waals surface area contributed by atoms with Crippen molar-refractivity contribution in [2.45, 2.75) is 30.7 Å². The normalized spacial score (nSPS) is 18.1. The minimum Gasteiger partial charge on any atom is -0.208 e. The molecule has 0 heterocycles. The van der Waals surface area contributed by atoms with Crippen molar-refractivity contribution in [2.24, 2.45) is 5.92 Å². The molecule has 0 aliphatic heterocycles. The molecule has 0 radical (unpaired) electrons. The standard InChI is InChI=1S/C11H13BrFNO2S/c1-7(8-2-3-8)14-17(15,16)9-4-5-10(12)11(13)6-9/h4-8,14H,2-3H2,1H3. The summed E-state index contributed by atoms with van der Waals surface area (Å²) in [5.74, 6) is -0.156. The molecule has 0 aromatic heterocycles. The minimum absolute atomic E-state index is 0.0364. The third-order valence-electron chi connectivity index (χ3n) is 2.87. The summed E-state index contributed by atoms with van der Waals surface area (Å²) < 4.78 is 40.0. The van der Waals surface area contributed by atoms with Crippen molar-refractivity contribution < 1.29 is 12.8 Å². The highest BCUT2D eigenvalue weighted by atomic mass is 79.9. The van der Waals surface area contributed by atoms with Crippen LogP contribution in [0.1, 0.15) is 19.8 Å². The largest absolute Gasteiger partial charge is 0.240 e. The lowest BCUT2D eigenvalue weighted by Gasteiger charge is -2.13. The van der Waals surface area contributed by atoms with Gasteiger partial charge >= 0.3 is 0 Å². The monoisotopic (exact) mass is 321 g/mol. The second-order valence-corrected chi connectivity index (χ2v) is 6.89. The number of halogens is 2. The highest BCUT2D eigenvalue weighted by molar-refractivity contribution is 9.10. The van der Waals surface area contributed by atoms with Crippen LogP contribution in [0.5, 0.6) is 0 Å². The van der Waals surface area contributed by atoms with E-state index in [1.54, 1.807) is 0 Å². The lowest BCUT2D eigenvalue weighted by Crippen LogP contribution is -2.34. The maximum Gasteiger partial charge on any atom is 0.240 e. The van der Waals surface area contributed by atoms with Gasteiger partial charge in [-0.05, 0) is 59.8 Å². The molecule has 1 aromatic carbocycles. The number of nitrogens with one attached hydrogen (secondary N) is 1. The zero-order valence-corrected chi connectivity index (χ0v) is 11.7. The third kappa shape index (κ3) is 3.05. The van der Waals surface area contributed by atoms with Crippen molar-refractivity contribution >= 4 is 26.0 Å². The average Bonchev–Trinajstić information content (AvgIpc) is 3.04. The van der Waals surface area contributed by atoms with Crippen LogP contribution in [0.15, 0.2) is 27.6 Å². The van der Waals surface area contributed by atoms with Crippen molar-refractivity contribution in [1.29, 1.82) is 0 Å². The van der Waals surface area contributed by atoms with Crippen LogP contribution in [0.3, 0.4) is 0 Å². The van der Waals surface area contributed by atoms with Crippen molar-refractivity contribution in [3.63, 3.8) is 0 Å². The van der Waals surface area contributed by atoms with Gasteiger partial charge in [0.05, 0.1) is 9.37 Å². The number of benzene rings is 1. The Labute approximate surface area is 109 Å². The molecule has 94 valence electrons. The summed E-state index contributed by atoms with van der Waals surface area (Å²) in [6.45, 7) is 1.84. The first-order valence-electron chi connectivity index (χ1n) is 5.37. The predicted octanol–water partition coefficient (Wildman–Crippen LogP) is 2.67. The molecule has 1 fully saturated rings. The molecule has 0 bridgehead atoms. The summed E-state index contributed by atoms with van der Waals surface area (Å²) in [6.07, 6.45) is 2.11. The maximum absolute atomic E-state index is 13.3. The first-order chi connectivity index (χ1) is 7.90. The number of hydrogen-bond donors (Lipinski definition) is 1. The van der Waals surface area contributed by atoms with Gasteiger partial charge in [0.15, 0.2) is 0 Å². The fourth-order valence-electron chi connectivity index (χ4n) is 1.65. The van der Waals surface area contributed by atoms with Crippen LogP contribution in [-0.4, -0.2) is 14.5 Å². The lowest BCUT2D eigenvalue weighted by atomic mass is 10.2. The van der Waals surface area contributed by atoms with Crippen LogP contribution < -0.4 is 4.72 Å². The van der Waals surface area contributed by atoms with E-state index in [0.717, 1.165) is 18.9 Å². The quantitative estimate of drug-likeness (QED) is 0.926. The Morgan fingerprint density at radius 3 is 2.65 bits per heavy atom. The van der Waals surface area contributed by atoms with Gasteiger partial charge in [-0.15, -0.1) is 0 Å². The Morgan fingerprint density at radius 2 is 2.12 bits per heavy atom. The van der Waals surface area contributed by atoms with Gasteiger partial charge in [0, 0.05) is 6.04 Å². The Bertz CT molecular complexity index is 528. The van der Waals surface area contributed by atoms with Crippen LogP contribution in [0, 0.1) is 11.7 Å². The van der Waals surface area contributed by atoms with Gasteiger partial charge < -0.3 is 0 Å². The van der Waals surface area contributed by atoms with Gasteiger partial charge in [-0.25, -0.2) is 17.5 Å². The molecule has 2 rings (SSSR count). The molecule has 1 aliphatic rings. The van der Waals surface area contributed by atoms with E-state index in [9.17, 15) is 12.8 Å². The molecule has 1 N–H and O–H groups in total. The summed E-state index contributed by atoms with van der Waals surface area (Å²) in [7, 11) is -3.61. The van der Waals surface area contributed by atoms with Crippen molar-refractivity contribution in [3.8, 4) is 0 Å². The smallest absolute Gasteiger partial charge is 0.208 e. The van der Waals surface area contributed by atoms with E-state index in [1.165, 1.54) is 12.1 Å². The van der Waals surface area contributed by atoms with Gasteiger partial charge in [-0.1, -0.05) is 0 Å². The van der Waals surface area contributed by atoms with E-state index in [2.05, 4.69) is 20.7 Å². The van der Waals surface area contributed by atoms with Crippen LogP contribution in [0.25, 0.3) is 0 Å². The van der Waals surface area contributed by atoms with Crippen molar-refractivity contribution in [3.05, 3.63) is 28.5 Å². The molecule has 0 saturated heterocycles. The molecule has 1 aromatic rings. The highest BCUT2D eigenvalue weighted by Gasteiger charge is 2.31. The second kappa shape index (κ2) is 4.66. The lowest BCUT2D eigenvalue weighted by molar-refractivity contribution is 0.536. The predicted molar refractivity (Wildman–Crippen MR) is 66.6 cm³/mol. The summed E-state index contributed by atoms with van der Waals surface area (Å²) in [4.78, 5) is -0.0364. The van der Waals surface area contributed by atoms with Crippen LogP contribution >= 0.6 is 15.9 Å². The first-order valence-corrected chi connectivity index (χ1v) is 7.65. The van der Waals surface area contributed by atoms with E-state index in [4.69, 9.17) is 0 Å². The molecular formula is C11H13BrFNO2S. The van der Waals surface area contributed by atoms with Crippen LogP contribution in [0.2, 0.25) is 0 Å². The second-order valence-electron chi connectivity index (χ2n) is 4.32. The Morgan fingerprint density at radius 1 is 1.47 bits per heavy atom. The first kappa shape index (κ1) is 13.0. The number of rotatable bonds is 4. The molecule has 1 aliphatic carbocycles. The fourth-order valence-corrected chi connectivity index (χ4v) is 3.22. The minimum atomic E-state index is -3.61. The maximum atomic E-state index is 13.3. The summed E-state index contributed by atoms with van der Waals surface area (Å²) >= 11 is 2.99. The Balaban J connectivity index is 2.21. The molecule has 6 heteroatoms. The SMILES string of the molecule is CC(NS(=O)(=O)c1ccc(Br)c(F)c1)C1CC1. The van der Waals surface area contributed by atoms with E-state index >= 15 is 0 Å². The van der Waals surface area contributed by atoms with Gasteiger partial charge in [-0.2, -0.15) is 0 Å². The number of hydrogen-bond acceptors (Lipinski definition) is 2. The van der Waals surface area contributed by atoms with Crippen LogP contribution in [0.4, 0.5) is 4.39 Å². The zero-order chi connectivity index (χ0) is 12.6. The molecule has 3 nitrogen and oxygen atoms in total. The van der Waals surface area contributed by atoms with E-state index in [0.29, 0.717) is 5.92 Å². The summed E-state index contributed by atoms with van der Waals surface area (Å²) in [6, 6.07) is 3.71. The third-order valence-corrected chi connectivity index (χ3v) is 5.07. The molecule has 17 heavy (non-hydrogen) atoms. The zero-order valence-electron chi connectivity index (χ0n) is 9.28. The fraction of sp³-hybridized carbons (Fsp3) is 0.455. The Kier molecular flexibility index (Phi) is 3.56. The molecule has 0 spiro atoms. The Hall–Kier alpha value is -0.460. The molecular weight excluding hydrogens is 309 g/mol. The summed E-state index contributed by atoms with van der Waals surface area (Å²) in [5, 5.41) is 0. The topological polar surface area (TPSA) is 46.2 Å². The molecule has 1 atom stereocenters. The molecule has 1 unspecified atom stereocenters. The highest BCUT2D eigenvalue weighted by Crippen LogP contribution is 2.33. The van der Waals surface area contributed by atoms with Gasteiger partial charge in [0.2, 0.25) is 10.0 Å². The number of sulfonamides is 1. The van der Waals surface area contributed by atoms with Crippen molar-refractivity contribution in [1.82, 2.24) is 4.72 Å². The van der Waals surface area contributed by atoms with E-state index < -0.39 is 15.8 Å². The summed E-state index contributed by atoms with van der Waals surface area (Å²) in [5.41, 5.74) is 0. The molecule has 0 amide bonds. The van der Waals surface area contributed by atoms with Crippen molar-refractivity contribution in [2.75, 3.05) is 0 Å². The molecule has 1 saturated carbocycles. The van der Waals surface area contributed by atoms with Crippen LogP contribution in [-0.2, 0) is 10.0 Å². The van der Waals surface area contributed by atoms with Gasteiger partial charge in [-0.3, -0.25) is 0 Å². The van der Waals surface area contributed by atoms with E-state index in [-0.39, 0.29) is 15.4 Å². The van der Waals surface area contributed by atoms with Gasteiger partial charge in [0.25, 0.3) is 0 Å². The van der Waals surface area contributed by atoms with Gasteiger partial charge in [0.1, 0.15) is 5.82 Å².